The molecule has 1 amide bonds. The second-order valence-electron chi connectivity index (χ2n) is 4.63. The fraction of sp³-hybridized carbons (Fsp3) is 0.267. The lowest BCUT2D eigenvalue weighted by Crippen LogP contribution is -2.25. The van der Waals surface area contributed by atoms with Crippen molar-refractivity contribution in [3.8, 4) is 5.69 Å². The van der Waals surface area contributed by atoms with Crippen molar-refractivity contribution in [2.45, 2.75) is 19.0 Å². The van der Waals surface area contributed by atoms with E-state index in [2.05, 4.69) is 48.1 Å². The van der Waals surface area contributed by atoms with Crippen LogP contribution in [0.2, 0.25) is 0 Å². The number of nitrogens with one attached hydrogen (secondary N) is 1. The van der Waals surface area contributed by atoms with Gasteiger partial charge in [-0.1, -0.05) is 23.9 Å². The molecule has 21 heavy (non-hydrogen) atoms. The molecule has 0 saturated carbocycles. The monoisotopic (exact) mass is 302 g/mol. The molecule has 1 aromatic carbocycles. The normalized spacial score (nSPS) is 10.4. The SMILES string of the molecule is C=CCNC(=O)CSc1nncn1-c1ccc(C)c(C)c1. The van der Waals surface area contributed by atoms with E-state index in [1.165, 1.54) is 22.9 Å². The molecule has 0 unspecified atom stereocenters. The maximum atomic E-state index is 11.6. The first kappa shape index (κ1) is 15.3. The highest BCUT2D eigenvalue weighted by molar-refractivity contribution is 7.99. The fourth-order valence-corrected chi connectivity index (χ4v) is 2.50. The number of hydrogen-bond donors (Lipinski definition) is 1. The molecule has 0 aliphatic rings. The Morgan fingerprint density at radius 1 is 1.43 bits per heavy atom. The largest absolute Gasteiger partial charge is 0.352 e. The van der Waals surface area contributed by atoms with E-state index in [1.54, 1.807) is 12.4 Å². The van der Waals surface area contributed by atoms with E-state index in [0.29, 0.717) is 17.5 Å². The van der Waals surface area contributed by atoms with Gasteiger partial charge >= 0.3 is 0 Å². The number of hydrogen-bond acceptors (Lipinski definition) is 4. The summed E-state index contributed by atoms with van der Waals surface area (Å²) in [4.78, 5) is 11.6. The van der Waals surface area contributed by atoms with Crippen LogP contribution in [-0.2, 0) is 4.79 Å². The number of rotatable bonds is 6. The lowest BCUT2D eigenvalue weighted by Gasteiger charge is -2.08. The standard InChI is InChI=1S/C15H18N4OS/c1-4-7-16-14(20)9-21-15-18-17-10-19(15)13-6-5-11(2)12(3)8-13/h4-6,8,10H,1,7,9H2,2-3H3,(H,16,20). The van der Waals surface area contributed by atoms with Crippen molar-refractivity contribution in [3.05, 3.63) is 48.3 Å². The Morgan fingerprint density at radius 3 is 2.95 bits per heavy atom. The van der Waals surface area contributed by atoms with Gasteiger partial charge in [-0.2, -0.15) is 0 Å². The van der Waals surface area contributed by atoms with Gasteiger partial charge < -0.3 is 5.32 Å². The van der Waals surface area contributed by atoms with Crippen LogP contribution in [0.5, 0.6) is 0 Å². The average molecular weight is 302 g/mol. The minimum absolute atomic E-state index is 0.0467. The second-order valence-corrected chi connectivity index (χ2v) is 5.58. The number of thioether (sulfide) groups is 1. The van der Waals surface area contributed by atoms with Gasteiger partial charge in [0.25, 0.3) is 0 Å². The minimum Gasteiger partial charge on any atom is -0.352 e. The third kappa shape index (κ3) is 3.95. The van der Waals surface area contributed by atoms with Crippen LogP contribution in [0.15, 0.2) is 42.3 Å². The molecule has 1 N–H and O–H groups in total. The van der Waals surface area contributed by atoms with Crippen molar-refractivity contribution < 1.29 is 4.79 Å². The van der Waals surface area contributed by atoms with Gasteiger partial charge in [0.2, 0.25) is 5.91 Å². The summed E-state index contributed by atoms with van der Waals surface area (Å²) in [5.74, 6) is 0.256. The first-order valence-electron chi connectivity index (χ1n) is 6.60. The van der Waals surface area contributed by atoms with Crippen LogP contribution in [-0.4, -0.2) is 33.0 Å². The molecule has 1 aromatic heterocycles. The van der Waals surface area contributed by atoms with Gasteiger partial charge in [-0.15, -0.1) is 16.8 Å². The predicted octanol–water partition coefficient (Wildman–Crippen LogP) is 2.28. The first-order chi connectivity index (χ1) is 10.1. The van der Waals surface area contributed by atoms with E-state index in [-0.39, 0.29) is 5.91 Å². The quantitative estimate of drug-likeness (QED) is 0.657. The van der Waals surface area contributed by atoms with Crippen LogP contribution in [0.4, 0.5) is 0 Å². The number of carbonyl (C=O) groups excluding carboxylic acids is 1. The average Bonchev–Trinajstić information content (AvgIpc) is 2.94. The molecule has 0 atom stereocenters. The molecule has 0 saturated heterocycles. The van der Waals surface area contributed by atoms with Crippen molar-refractivity contribution in [1.82, 2.24) is 20.1 Å². The van der Waals surface area contributed by atoms with E-state index in [1.807, 2.05) is 10.6 Å². The van der Waals surface area contributed by atoms with E-state index >= 15 is 0 Å². The predicted molar refractivity (Wildman–Crippen MR) is 84.8 cm³/mol. The summed E-state index contributed by atoms with van der Waals surface area (Å²) in [6, 6.07) is 6.17. The van der Waals surface area contributed by atoms with E-state index in [9.17, 15) is 4.79 Å². The Morgan fingerprint density at radius 2 is 2.24 bits per heavy atom. The molecule has 0 bridgehead atoms. The van der Waals surface area contributed by atoms with Gasteiger partial charge in [0.1, 0.15) is 6.33 Å². The van der Waals surface area contributed by atoms with Crippen LogP contribution < -0.4 is 5.32 Å². The molecule has 0 spiro atoms. The molecule has 5 nitrogen and oxygen atoms in total. The number of benzene rings is 1. The summed E-state index contributed by atoms with van der Waals surface area (Å²) in [6.07, 6.45) is 3.31. The molecule has 0 aliphatic carbocycles. The number of aromatic nitrogens is 3. The van der Waals surface area contributed by atoms with Crippen molar-refractivity contribution in [3.63, 3.8) is 0 Å². The highest BCUT2D eigenvalue weighted by Gasteiger charge is 2.10. The molecule has 2 aromatic rings. The topological polar surface area (TPSA) is 59.8 Å². The summed E-state index contributed by atoms with van der Waals surface area (Å²) >= 11 is 1.36. The lowest BCUT2D eigenvalue weighted by atomic mass is 10.1. The zero-order chi connectivity index (χ0) is 15.2. The Balaban J connectivity index is 2.09. The van der Waals surface area contributed by atoms with Crippen molar-refractivity contribution in [1.29, 1.82) is 0 Å². The molecule has 0 fully saturated rings. The number of nitrogens with zero attached hydrogens (tertiary/aromatic N) is 3. The van der Waals surface area contributed by atoms with Crippen molar-refractivity contribution in [2.75, 3.05) is 12.3 Å². The smallest absolute Gasteiger partial charge is 0.230 e. The summed E-state index contributed by atoms with van der Waals surface area (Å²) < 4.78 is 1.89. The minimum atomic E-state index is -0.0467. The molecular weight excluding hydrogens is 284 g/mol. The number of aryl methyl sites for hydroxylation is 2. The van der Waals surface area contributed by atoms with Gasteiger partial charge in [-0.25, -0.2) is 0 Å². The van der Waals surface area contributed by atoms with Gasteiger partial charge in [-0.3, -0.25) is 9.36 Å². The lowest BCUT2D eigenvalue weighted by molar-refractivity contribution is -0.118. The fourth-order valence-electron chi connectivity index (χ4n) is 1.74. The Kier molecular flexibility index (Phi) is 5.16. The molecule has 2 rings (SSSR count). The first-order valence-corrected chi connectivity index (χ1v) is 7.58. The van der Waals surface area contributed by atoms with Crippen molar-refractivity contribution in [2.24, 2.45) is 0 Å². The third-order valence-electron chi connectivity index (χ3n) is 3.06. The third-order valence-corrected chi connectivity index (χ3v) is 4.00. The Labute approximate surface area is 128 Å². The van der Waals surface area contributed by atoms with Crippen molar-refractivity contribution >= 4 is 17.7 Å². The molecule has 0 radical (unpaired) electrons. The summed E-state index contributed by atoms with van der Waals surface area (Å²) in [5.41, 5.74) is 3.45. The van der Waals surface area contributed by atoms with Gasteiger partial charge in [0.15, 0.2) is 5.16 Å². The van der Waals surface area contributed by atoms with E-state index < -0.39 is 0 Å². The zero-order valence-electron chi connectivity index (χ0n) is 12.2. The van der Waals surface area contributed by atoms with Gasteiger partial charge in [-0.05, 0) is 37.1 Å². The van der Waals surface area contributed by atoms with Crippen LogP contribution in [0, 0.1) is 13.8 Å². The number of carbonyl (C=O) groups is 1. The van der Waals surface area contributed by atoms with Crippen LogP contribution >= 0.6 is 11.8 Å². The highest BCUT2D eigenvalue weighted by atomic mass is 32.2. The van der Waals surface area contributed by atoms with E-state index in [4.69, 9.17) is 0 Å². The zero-order valence-corrected chi connectivity index (χ0v) is 13.0. The van der Waals surface area contributed by atoms with E-state index in [0.717, 1.165) is 5.69 Å². The molecule has 0 aliphatic heterocycles. The maximum Gasteiger partial charge on any atom is 0.230 e. The molecule has 6 heteroatoms. The molecule has 1 heterocycles. The second kappa shape index (κ2) is 7.08. The maximum absolute atomic E-state index is 11.6. The van der Waals surface area contributed by atoms with Crippen LogP contribution in [0.25, 0.3) is 5.69 Å². The molecular formula is C15H18N4OS. The highest BCUT2D eigenvalue weighted by Crippen LogP contribution is 2.21. The number of amides is 1. The Hall–Kier alpha value is -2.08. The van der Waals surface area contributed by atoms with Gasteiger partial charge in [0, 0.05) is 12.2 Å². The summed E-state index contributed by atoms with van der Waals surface area (Å²) in [7, 11) is 0. The van der Waals surface area contributed by atoms with Gasteiger partial charge in [0.05, 0.1) is 5.75 Å². The summed E-state index contributed by atoms with van der Waals surface area (Å²) in [6.45, 7) is 8.18. The van der Waals surface area contributed by atoms with Crippen LogP contribution in [0.3, 0.4) is 0 Å². The Bertz CT molecular complexity index is 651. The summed E-state index contributed by atoms with van der Waals surface area (Å²) in [5, 5.41) is 11.4. The molecule has 110 valence electrons. The van der Waals surface area contributed by atoms with Crippen LogP contribution in [0.1, 0.15) is 11.1 Å².